The van der Waals surface area contributed by atoms with Crippen LogP contribution in [0.2, 0.25) is 0 Å². The van der Waals surface area contributed by atoms with Crippen molar-refractivity contribution in [2.24, 2.45) is 0 Å². The largest absolute Gasteiger partial charge is 0.478 e. The van der Waals surface area contributed by atoms with Crippen LogP contribution in [0.1, 0.15) is 21.5 Å². The first-order chi connectivity index (χ1) is 9.18. The Balaban J connectivity index is 2.14. The second kappa shape index (κ2) is 5.87. The van der Waals surface area contributed by atoms with Gasteiger partial charge in [0.05, 0.1) is 5.56 Å². The lowest BCUT2D eigenvalue weighted by Gasteiger charge is -2.05. The number of carboxylic acid groups (broad SMARTS) is 1. The molecule has 0 radical (unpaired) electrons. The Kier molecular flexibility index (Phi) is 3.98. The summed E-state index contributed by atoms with van der Waals surface area (Å²) in [5.74, 6) is -0.994. The predicted octanol–water partition coefficient (Wildman–Crippen LogP) is 3.22. The van der Waals surface area contributed by atoms with Crippen LogP contribution < -0.4 is 5.73 Å². The summed E-state index contributed by atoms with van der Waals surface area (Å²) in [6, 6.07) is 15.0. The molecule has 3 nitrogen and oxygen atoms in total. The van der Waals surface area contributed by atoms with E-state index in [-0.39, 0.29) is 5.56 Å². The minimum atomic E-state index is -0.994. The summed E-state index contributed by atoms with van der Waals surface area (Å²) in [5, 5.41) is 9.00. The highest BCUT2D eigenvalue weighted by Gasteiger charge is 2.09. The monoisotopic (exact) mass is 253 g/mol. The van der Waals surface area contributed by atoms with Crippen molar-refractivity contribution in [3.05, 3.63) is 71.3 Å². The molecule has 0 saturated heterocycles. The van der Waals surface area contributed by atoms with Gasteiger partial charge >= 0.3 is 5.97 Å². The molecule has 2 aromatic carbocycles. The van der Waals surface area contributed by atoms with Crippen molar-refractivity contribution < 1.29 is 9.90 Å². The fraction of sp³-hybridized carbons (Fsp3) is 0.0625. The molecule has 96 valence electrons. The van der Waals surface area contributed by atoms with E-state index >= 15 is 0 Å². The number of nitrogen functional groups attached to an aromatic ring is 1. The van der Waals surface area contributed by atoms with E-state index in [0.29, 0.717) is 12.1 Å². The lowest BCUT2D eigenvalue weighted by atomic mass is 10.0. The lowest BCUT2D eigenvalue weighted by Crippen LogP contribution is -2.04. The standard InChI is InChI=1S/C16H15NO2/c17-15-13(10-5-11-14(15)16(18)19)9-4-8-12-6-2-1-3-7-12/h1-8,10-11H,9,17H2,(H,18,19)/b8-4+. The average molecular weight is 253 g/mol. The molecule has 0 aromatic heterocycles. The maximum Gasteiger partial charge on any atom is 0.337 e. The van der Waals surface area contributed by atoms with Gasteiger partial charge in [-0.1, -0.05) is 54.6 Å². The summed E-state index contributed by atoms with van der Waals surface area (Å²) in [6.07, 6.45) is 4.58. The quantitative estimate of drug-likeness (QED) is 0.822. The van der Waals surface area contributed by atoms with Crippen LogP contribution in [0.4, 0.5) is 5.69 Å². The zero-order valence-electron chi connectivity index (χ0n) is 10.4. The first-order valence-corrected chi connectivity index (χ1v) is 6.00. The maximum absolute atomic E-state index is 11.0. The molecular formula is C16H15NO2. The van der Waals surface area contributed by atoms with Crippen LogP contribution in [0.15, 0.2) is 54.6 Å². The molecule has 3 heteroatoms. The molecule has 0 spiro atoms. The molecule has 0 aliphatic heterocycles. The van der Waals surface area contributed by atoms with E-state index in [9.17, 15) is 4.79 Å². The van der Waals surface area contributed by atoms with Crippen LogP contribution in [-0.2, 0) is 6.42 Å². The molecule has 0 unspecified atom stereocenters. The first kappa shape index (κ1) is 12.9. The molecule has 0 fully saturated rings. The normalized spacial score (nSPS) is 10.7. The van der Waals surface area contributed by atoms with Gasteiger partial charge in [-0.2, -0.15) is 0 Å². The van der Waals surface area contributed by atoms with Gasteiger partial charge in [-0.05, 0) is 23.6 Å². The SMILES string of the molecule is Nc1c(C/C=C/c2ccccc2)cccc1C(=O)O. The van der Waals surface area contributed by atoms with Gasteiger partial charge in [0.1, 0.15) is 0 Å². The maximum atomic E-state index is 11.0. The smallest absolute Gasteiger partial charge is 0.337 e. The molecule has 3 N–H and O–H groups in total. The minimum absolute atomic E-state index is 0.158. The van der Waals surface area contributed by atoms with Crippen molar-refractivity contribution in [1.82, 2.24) is 0 Å². The molecular weight excluding hydrogens is 238 g/mol. The number of aromatic carboxylic acids is 1. The fourth-order valence-electron chi connectivity index (χ4n) is 1.86. The Morgan fingerprint density at radius 3 is 2.53 bits per heavy atom. The molecule has 0 saturated carbocycles. The van der Waals surface area contributed by atoms with Crippen molar-refractivity contribution >= 4 is 17.7 Å². The second-order valence-corrected chi connectivity index (χ2v) is 4.20. The summed E-state index contributed by atoms with van der Waals surface area (Å²) in [6.45, 7) is 0. The predicted molar refractivity (Wildman–Crippen MR) is 77.0 cm³/mol. The van der Waals surface area contributed by atoms with Crippen molar-refractivity contribution in [1.29, 1.82) is 0 Å². The molecule has 0 heterocycles. The molecule has 0 aliphatic carbocycles. The van der Waals surface area contributed by atoms with Crippen molar-refractivity contribution in [3.8, 4) is 0 Å². The summed E-state index contributed by atoms with van der Waals surface area (Å²) < 4.78 is 0. The first-order valence-electron chi connectivity index (χ1n) is 6.00. The number of anilines is 1. The number of nitrogens with two attached hydrogens (primary N) is 1. The summed E-state index contributed by atoms with van der Waals surface area (Å²) in [5.41, 5.74) is 8.28. The van der Waals surface area contributed by atoms with Gasteiger partial charge in [0, 0.05) is 5.69 Å². The van der Waals surface area contributed by atoms with Gasteiger partial charge in [0.2, 0.25) is 0 Å². The van der Waals surface area contributed by atoms with Gasteiger partial charge in [0.25, 0.3) is 0 Å². The molecule has 0 atom stereocenters. The summed E-state index contributed by atoms with van der Waals surface area (Å²) in [4.78, 5) is 11.0. The highest BCUT2D eigenvalue weighted by atomic mass is 16.4. The topological polar surface area (TPSA) is 63.3 Å². The summed E-state index contributed by atoms with van der Waals surface area (Å²) >= 11 is 0. The van der Waals surface area contributed by atoms with E-state index < -0.39 is 5.97 Å². The molecule has 0 aliphatic rings. The number of allylic oxidation sites excluding steroid dienone is 1. The van der Waals surface area contributed by atoms with E-state index in [1.165, 1.54) is 6.07 Å². The zero-order chi connectivity index (χ0) is 13.7. The number of hydrogen-bond acceptors (Lipinski definition) is 2. The third-order valence-electron chi connectivity index (χ3n) is 2.87. The highest BCUT2D eigenvalue weighted by molar-refractivity contribution is 5.94. The van der Waals surface area contributed by atoms with Gasteiger partial charge in [-0.25, -0.2) is 4.79 Å². The van der Waals surface area contributed by atoms with Crippen molar-refractivity contribution in [3.63, 3.8) is 0 Å². The van der Waals surface area contributed by atoms with Crippen LogP contribution >= 0.6 is 0 Å². The van der Waals surface area contributed by atoms with Crippen LogP contribution in [0.3, 0.4) is 0 Å². The van der Waals surface area contributed by atoms with Crippen molar-refractivity contribution in [2.45, 2.75) is 6.42 Å². The summed E-state index contributed by atoms with van der Waals surface area (Å²) in [7, 11) is 0. The average Bonchev–Trinajstić information content (AvgIpc) is 2.41. The molecule has 0 bridgehead atoms. The number of carbonyl (C=O) groups is 1. The Morgan fingerprint density at radius 2 is 1.84 bits per heavy atom. The number of benzene rings is 2. The van der Waals surface area contributed by atoms with Gasteiger partial charge < -0.3 is 10.8 Å². The zero-order valence-corrected chi connectivity index (χ0v) is 10.4. The third kappa shape index (κ3) is 3.22. The molecule has 2 aromatic rings. The van der Waals surface area contributed by atoms with Crippen LogP contribution in [-0.4, -0.2) is 11.1 Å². The fourth-order valence-corrected chi connectivity index (χ4v) is 1.86. The number of rotatable bonds is 4. The van der Waals surface area contributed by atoms with Gasteiger partial charge in [0.15, 0.2) is 0 Å². The van der Waals surface area contributed by atoms with E-state index in [1.807, 2.05) is 48.6 Å². The van der Waals surface area contributed by atoms with E-state index in [0.717, 1.165) is 11.1 Å². The van der Waals surface area contributed by atoms with Crippen LogP contribution in [0, 0.1) is 0 Å². The van der Waals surface area contributed by atoms with Gasteiger partial charge in [-0.15, -0.1) is 0 Å². The van der Waals surface area contributed by atoms with Crippen molar-refractivity contribution in [2.75, 3.05) is 5.73 Å². The van der Waals surface area contributed by atoms with Crippen LogP contribution in [0.5, 0.6) is 0 Å². The second-order valence-electron chi connectivity index (χ2n) is 4.20. The molecule has 0 amide bonds. The number of hydrogen-bond donors (Lipinski definition) is 2. The molecule has 2 rings (SSSR count). The minimum Gasteiger partial charge on any atom is -0.478 e. The third-order valence-corrected chi connectivity index (χ3v) is 2.87. The van der Waals surface area contributed by atoms with E-state index in [4.69, 9.17) is 10.8 Å². The van der Waals surface area contributed by atoms with Gasteiger partial charge in [-0.3, -0.25) is 0 Å². The number of para-hydroxylation sites is 1. The lowest BCUT2D eigenvalue weighted by molar-refractivity contribution is 0.0698. The van der Waals surface area contributed by atoms with E-state index in [1.54, 1.807) is 6.07 Å². The Labute approximate surface area is 112 Å². The highest BCUT2D eigenvalue weighted by Crippen LogP contribution is 2.18. The van der Waals surface area contributed by atoms with E-state index in [2.05, 4.69) is 0 Å². The molecule has 19 heavy (non-hydrogen) atoms. The number of carboxylic acids is 1. The Bertz CT molecular complexity index is 603. The Morgan fingerprint density at radius 1 is 1.11 bits per heavy atom. The van der Waals surface area contributed by atoms with Crippen LogP contribution in [0.25, 0.3) is 6.08 Å². The Hall–Kier alpha value is -2.55.